The minimum absolute atomic E-state index is 0.376. The lowest BCUT2D eigenvalue weighted by Crippen LogP contribution is -2.20. The van der Waals surface area contributed by atoms with Gasteiger partial charge in [-0.25, -0.2) is 0 Å². The summed E-state index contributed by atoms with van der Waals surface area (Å²) in [5.41, 5.74) is 2.29. The number of nitrogens with one attached hydrogen (secondary N) is 1. The molecule has 20 heavy (non-hydrogen) atoms. The lowest BCUT2D eigenvalue weighted by Gasteiger charge is -2.21. The molecule has 0 aromatic heterocycles. The van der Waals surface area contributed by atoms with E-state index in [2.05, 4.69) is 17.4 Å². The van der Waals surface area contributed by atoms with Gasteiger partial charge in [-0.3, -0.25) is 4.21 Å². The molecule has 0 heterocycles. The molecule has 1 fully saturated rings. The van der Waals surface area contributed by atoms with E-state index in [-0.39, 0.29) is 0 Å². The number of rotatable bonds is 6. The monoisotopic (exact) mass is 295 g/mol. The molecule has 0 spiro atoms. The van der Waals surface area contributed by atoms with Crippen LogP contribution in [0.25, 0.3) is 0 Å². The van der Waals surface area contributed by atoms with Gasteiger partial charge in [-0.15, -0.1) is 0 Å². The van der Waals surface area contributed by atoms with Gasteiger partial charge >= 0.3 is 0 Å². The van der Waals surface area contributed by atoms with Gasteiger partial charge < -0.3 is 10.1 Å². The molecule has 1 aliphatic rings. The van der Waals surface area contributed by atoms with Gasteiger partial charge in [-0.2, -0.15) is 0 Å². The fraction of sp³-hybridized carbons (Fsp3) is 0.625. The van der Waals surface area contributed by atoms with E-state index in [1.54, 1.807) is 7.11 Å². The predicted octanol–water partition coefficient (Wildman–Crippen LogP) is 3.00. The van der Waals surface area contributed by atoms with E-state index in [0.29, 0.717) is 11.0 Å². The molecule has 2 rings (SSSR count). The summed E-state index contributed by atoms with van der Waals surface area (Å²) >= 11 is 0. The van der Waals surface area contributed by atoms with Crippen LogP contribution in [0.2, 0.25) is 0 Å². The largest absolute Gasteiger partial charge is 0.496 e. The van der Waals surface area contributed by atoms with Crippen molar-refractivity contribution < 1.29 is 8.95 Å². The Morgan fingerprint density at radius 1 is 1.30 bits per heavy atom. The molecule has 1 N–H and O–H groups in total. The molecule has 1 unspecified atom stereocenters. The zero-order valence-corrected chi connectivity index (χ0v) is 13.3. The standard InChI is InChI=1S/C16H25NO2S/c1-17-11-13-8-9-16(19-2)14(10-13)12-20(18)15-6-4-3-5-7-15/h8-10,15,17H,3-7,11-12H2,1-2H3. The number of methoxy groups -OCH3 is 1. The highest BCUT2D eigenvalue weighted by molar-refractivity contribution is 7.84. The van der Waals surface area contributed by atoms with Crippen molar-refractivity contribution in [2.45, 2.75) is 49.7 Å². The maximum atomic E-state index is 12.5. The summed E-state index contributed by atoms with van der Waals surface area (Å²) < 4.78 is 18.0. The Morgan fingerprint density at radius 2 is 2.05 bits per heavy atom. The fourth-order valence-corrected chi connectivity index (χ4v) is 4.48. The first kappa shape index (κ1) is 15.5. The highest BCUT2D eigenvalue weighted by atomic mass is 32.2. The Morgan fingerprint density at radius 3 is 2.70 bits per heavy atom. The quantitative estimate of drug-likeness (QED) is 0.877. The van der Waals surface area contributed by atoms with Gasteiger partial charge in [0.05, 0.1) is 12.9 Å². The van der Waals surface area contributed by atoms with Gasteiger partial charge in [0, 0.05) is 28.2 Å². The zero-order valence-electron chi connectivity index (χ0n) is 12.5. The van der Waals surface area contributed by atoms with Crippen LogP contribution < -0.4 is 10.1 Å². The molecule has 0 radical (unpaired) electrons. The van der Waals surface area contributed by atoms with Gasteiger partial charge in [0.15, 0.2) is 0 Å². The summed E-state index contributed by atoms with van der Waals surface area (Å²) in [6, 6.07) is 6.17. The van der Waals surface area contributed by atoms with E-state index in [0.717, 1.165) is 30.7 Å². The van der Waals surface area contributed by atoms with Crippen molar-refractivity contribution >= 4 is 10.8 Å². The highest BCUT2D eigenvalue weighted by Gasteiger charge is 2.21. The van der Waals surface area contributed by atoms with Crippen molar-refractivity contribution in [2.75, 3.05) is 14.2 Å². The van der Waals surface area contributed by atoms with Crippen LogP contribution in [0.4, 0.5) is 0 Å². The van der Waals surface area contributed by atoms with Gasteiger partial charge in [0.1, 0.15) is 5.75 Å². The average Bonchev–Trinajstić information content (AvgIpc) is 2.49. The molecule has 1 atom stereocenters. The number of hydrogen-bond acceptors (Lipinski definition) is 3. The lowest BCUT2D eigenvalue weighted by atomic mass is 10.0. The third kappa shape index (κ3) is 4.06. The SMILES string of the molecule is CNCc1ccc(OC)c(CS(=O)C2CCCCC2)c1. The van der Waals surface area contributed by atoms with E-state index >= 15 is 0 Å². The summed E-state index contributed by atoms with van der Waals surface area (Å²) in [4.78, 5) is 0. The van der Waals surface area contributed by atoms with E-state index in [1.807, 2.05) is 13.1 Å². The van der Waals surface area contributed by atoms with Crippen LogP contribution in [-0.2, 0) is 23.1 Å². The molecule has 0 saturated heterocycles. The third-order valence-corrected chi connectivity index (χ3v) is 5.76. The Kier molecular flexibility index (Phi) is 6.05. The maximum absolute atomic E-state index is 12.5. The minimum Gasteiger partial charge on any atom is -0.496 e. The van der Waals surface area contributed by atoms with Crippen molar-refractivity contribution in [1.29, 1.82) is 0 Å². The Balaban J connectivity index is 2.09. The van der Waals surface area contributed by atoms with Gasteiger partial charge in [-0.05, 0) is 37.6 Å². The predicted molar refractivity (Wildman–Crippen MR) is 84.5 cm³/mol. The third-order valence-electron chi connectivity index (χ3n) is 3.95. The second kappa shape index (κ2) is 7.79. The minimum atomic E-state index is -0.782. The molecule has 1 aliphatic carbocycles. The van der Waals surface area contributed by atoms with Crippen LogP contribution >= 0.6 is 0 Å². The van der Waals surface area contributed by atoms with Crippen molar-refractivity contribution in [2.24, 2.45) is 0 Å². The number of hydrogen-bond donors (Lipinski definition) is 1. The molecular weight excluding hydrogens is 270 g/mol. The first-order valence-corrected chi connectivity index (χ1v) is 8.80. The molecule has 3 nitrogen and oxygen atoms in total. The lowest BCUT2D eigenvalue weighted by molar-refractivity contribution is 0.411. The van der Waals surface area contributed by atoms with E-state index < -0.39 is 10.8 Å². The summed E-state index contributed by atoms with van der Waals surface area (Å²) in [7, 11) is 2.83. The van der Waals surface area contributed by atoms with Crippen molar-refractivity contribution in [3.05, 3.63) is 29.3 Å². The zero-order chi connectivity index (χ0) is 14.4. The first-order chi connectivity index (χ1) is 9.74. The Labute approximate surface area is 124 Å². The molecular formula is C16H25NO2S. The summed E-state index contributed by atoms with van der Waals surface area (Å²) in [6.07, 6.45) is 5.99. The van der Waals surface area contributed by atoms with E-state index in [4.69, 9.17) is 4.74 Å². The summed E-state index contributed by atoms with van der Waals surface area (Å²) in [5.74, 6) is 1.47. The second-order valence-electron chi connectivity index (χ2n) is 5.46. The number of benzene rings is 1. The van der Waals surface area contributed by atoms with E-state index in [9.17, 15) is 4.21 Å². The van der Waals surface area contributed by atoms with Crippen molar-refractivity contribution in [3.63, 3.8) is 0 Å². The summed E-state index contributed by atoms with van der Waals surface area (Å²) in [5, 5.41) is 3.53. The number of ether oxygens (including phenoxy) is 1. The Bertz CT molecular complexity index is 456. The van der Waals surface area contributed by atoms with Crippen LogP contribution in [0.15, 0.2) is 18.2 Å². The first-order valence-electron chi connectivity index (χ1n) is 7.42. The van der Waals surface area contributed by atoms with Crippen LogP contribution in [0.5, 0.6) is 5.75 Å². The molecule has 1 aromatic rings. The van der Waals surface area contributed by atoms with Gasteiger partial charge in [0.25, 0.3) is 0 Å². The van der Waals surface area contributed by atoms with Crippen molar-refractivity contribution in [1.82, 2.24) is 5.32 Å². The molecule has 1 aromatic carbocycles. The van der Waals surface area contributed by atoms with Gasteiger partial charge in [-0.1, -0.05) is 25.3 Å². The second-order valence-corrected chi connectivity index (χ2v) is 7.18. The van der Waals surface area contributed by atoms with E-state index in [1.165, 1.54) is 24.8 Å². The Hall–Kier alpha value is -0.870. The summed E-state index contributed by atoms with van der Waals surface area (Å²) in [6.45, 7) is 0.826. The maximum Gasteiger partial charge on any atom is 0.123 e. The van der Waals surface area contributed by atoms with Crippen LogP contribution in [0, 0.1) is 0 Å². The smallest absolute Gasteiger partial charge is 0.123 e. The van der Waals surface area contributed by atoms with Crippen molar-refractivity contribution in [3.8, 4) is 5.75 Å². The van der Waals surface area contributed by atoms with Crippen LogP contribution in [0.1, 0.15) is 43.2 Å². The molecule has 112 valence electrons. The normalized spacial score (nSPS) is 17.9. The molecule has 0 amide bonds. The highest BCUT2D eigenvalue weighted by Crippen LogP contribution is 2.27. The molecule has 1 saturated carbocycles. The van der Waals surface area contributed by atoms with Crippen LogP contribution in [-0.4, -0.2) is 23.6 Å². The topological polar surface area (TPSA) is 38.3 Å². The average molecular weight is 295 g/mol. The fourth-order valence-electron chi connectivity index (χ4n) is 2.86. The molecule has 0 bridgehead atoms. The van der Waals surface area contributed by atoms with Crippen LogP contribution in [0.3, 0.4) is 0 Å². The molecule has 0 aliphatic heterocycles. The van der Waals surface area contributed by atoms with Gasteiger partial charge in [0.2, 0.25) is 0 Å². The molecule has 4 heteroatoms.